The van der Waals surface area contributed by atoms with Crippen LogP contribution in [0.2, 0.25) is 0 Å². The Balaban J connectivity index is 2.28. The molecule has 1 saturated heterocycles. The van der Waals surface area contributed by atoms with Gasteiger partial charge < -0.3 is 5.32 Å². The molecule has 0 aromatic heterocycles. The van der Waals surface area contributed by atoms with Crippen LogP contribution in [0.4, 0.5) is 0 Å². The molecule has 0 aromatic rings. The van der Waals surface area contributed by atoms with Gasteiger partial charge in [0.25, 0.3) is 0 Å². The van der Waals surface area contributed by atoms with Crippen LogP contribution < -0.4 is 5.32 Å². The van der Waals surface area contributed by atoms with Gasteiger partial charge in [0.2, 0.25) is 0 Å². The second kappa shape index (κ2) is 8.10. The molecule has 0 radical (unpaired) electrons. The summed E-state index contributed by atoms with van der Waals surface area (Å²) in [5, 5.41) is 3.56. The minimum absolute atomic E-state index is 0.695. The molecule has 0 amide bonds. The Labute approximate surface area is 105 Å². The molecule has 1 N–H and O–H groups in total. The number of piperidine rings is 1. The van der Waals surface area contributed by atoms with E-state index < -0.39 is 0 Å². The smallest absolute Gasteiger partial charge is 0.0223 e. The number of rotatable bonds is 6. The monoisotopic (exact) mass is 244 g/mol. The first-order chi connectivity index (χ1) is 7.74. The van der Waals surface area contributed by atoms with E-state index in [2.05, 4.69) is 24.1 Å². The molecule has 0 bridgehead atoms. The van der Waals surface area contributed by atoms with Crippen molar-refractivity contribution in [1.82, 2.24) is 10.2 Å². The second-order valence-electron chi connectivity index (χ2n) is 5.06. The van der Waals surface area contributed by atoms with Gasteiger partial charge in [0.1, 0.15) is 0 Å². The lowest BCUT2D eigenvalue weighted by Crippen LogP contribution is -2.46. The number of halogens is 1. The van der Waals surface area contributed by atoms with Gasteiger partial charge in [0, 0.05) is 24.7 Å². The van der Waals surface area contributed by atoms with Crippen LogP contribution in [0.1, 0.15) is 33.1 Å². The van der Waals surface area contributed by atoms with Crippen LogP contribution in [-0.4, -0.2) is 37.1 Å². The maximum Gasteiger partial charge on any atom is 0.0223 e. The van der Waals surface area contributed by atoms with Crippen LogP contribution in [0.5, 0.6) is 0 Å². The van der Waals surface area contributed by atoms with Crippen LogP contribution in [-0.2, 0) is 0 Å². The number of hydrogen-bond donors (Lipinski definition) is 1. The highest BCUT2D eigenvalue weighted by Crippen LogP contribution is 2.16. The summed E-state index contributed by atoms with van der Waals surface area (Å²) < 4.78 is 0. The van der Waals surface area contributed by atoms with Gasteiger partial charge in [0.15, 0.2) is 0 Å². The molecule has 0 aliphatic carbocycles. The van der Waals surface area contributed by atoms with Gasteiger partial charge in [-0.05, 0) is 31.8 Å². The predicted octanol–water partition coefficient (Wildman–Crippen LogP) is 2.84. The van der Waals surface area contributed by atoms with Gasteiger partial charge >= 0.3 is 0 Å². The third-order valence-electron chi connectivity index (χ3n) is 3.11. The zero-order valence-corrected chi connectivity index (χ0v) is 11.3. The summed E-state index contributed by atoms with van der Waals surface area (Å²) in [5.74, 6) is 0.736. The van der Waals surface area contributed by atoms with Gasteiger partial charge in [-0.3, -0.25) is 4.90 Å². The Kier molecular flexibility index (Phi) is 7.10. The molecule has 0 saturated carbocycles. The molecule has 0 spiro atoms. The van der Waals surface area contributed by atoms with E-state index in [1.165, 1.54) is 25.8 Å². The van der Waals surface area contributed by atoms with Gasteiger partial charge in [-0.25, -0.2) is 0 Å². The number of nitrogens with one attached hydrogen (secondary N) is 1. The van der Waals surface area contributed by atoms with Crippen molar-refractivity contribution in [1.29, 1.82) is 0 Å². The van der Waals surface area contributed by atoms with Crippen LogP contribution in [0.3, 0.4) is 0 Å². The molecule has 1 aliphatic heterocycles. The third-order valence-corrected chi connectivity index (χ3v) is 3.29. The Hall–Kier alpha value is -0.0500. The molecule has 3 heteroatoms. The first kappa shape index (κ1) is 14.0. The summed E-state index contributed by atoms with van der Waals surface area (Å²) in [4.78, 5) is 2.54. The standard InChI is InChI=1S/C13H25ClN2/c1-12(2)10-15-11-13-6-3-4-8-16(13)9-5-7-14/h5,7,12-13,15H,3-4,6,8-11H2,1-2H3. The molecule has 1 rings (SSSR count). The van der Waals surface area contributed by atoms with E-state index in [9.17, 15) is 0 Å². The fourth-order valence-electron chi connectivity index (χ4n) is 2.25. The summed E-state index contributed by atoms with van der Waals surface area (Å²) >= 11 is 5.59. The summed E-state index contributed by atoms with van der Waals surface area (Å²) in [6.07, 6.45) is 6.06. The second-order valence-corrected chi connectivity index (χ2v) is 5.31. The molecule has 2 nitrogen and oxygen atoms in total. The van der Waals surface area contributed by atoms with Crippen molar-refractivity contribution in [2.45, 2.75) is 39.2 Å². The topological polar surface area (TPSA) is 15.3 Å². The van der Waals surface area contributed by atoms with E-state index in [1.54, 1.807) is 5.54 Å². The predicted molar refractivity (Wildman–Crippen MR) is 71.9 cm³/mol. The average molecular weight is 245 g/mol. The average Bonchev–Trinajstić information content (AvgIpc) is 2.27. The maximum atomic E-state index is 5.59. The van der Waals surface area contributed by atoms with Gasteiger partial charge in [-0.2, -0.15) is 0 Å². The first-order valence-electron chi connectivity index (χ1n) is 6.44. The summed E-state index contributed by atoms with van der Waals surface area (Å²) in [7, 11) is 0. The van der Waals surface area contributed by atoms with Crippen LogP contribution >= 0.6 is 11.6 Å². The zero-order valence-electron chi connectivity index (χ0n) is 10.6. The van der Waals surface area contributed by atoms with Crippen molar-refractivity contribution in [3.05, 3.63) is 11.6 Å². The van der Waals surface area contributed by atoms with E-state index in [-0.39, 0.29) is 0 Å². The number of hydrogen-bond acceptors (Lipinski definition) is 2. The minimum atomic E-state index is 0.695. The van der Waals surface area contributed by atoms with Crippen LogP contribution in [0.15, 0.2) is 11.6 Å². The highest BCUT2D eigenvalue weighted by molar-refractivity contribution is 6.25. The van der Waals surface area contributed by atoms with E-state index >= 15 is 0 Å². The Bertz CT molecular complexity index is 204. The van der Waals surface area contributed by atoms with Gasteiger partial charge in [0.05, 0.1) is 0 Å². The largest absolute Gasteiger partial charge is 0.315 e. The van der Waals surface area contributed by atoms with Crippen molar-refractivity contribution < 1.29 is 0 Å². The zero-order chi connectivity index (χ0) is 11.8. The molecule has 94 valence electrons. The molecule has 1 atom stereocenters. The summed E-state index contributed by atoms with van der Waals surface area (Å²) in [6.45, 7) is 8.96. The van der Waals surface area contributed by atoms with Crippen molar-refractivity contribution in [3.63, 3.8) is 0 Å². The quantitative estimate of drug-likeness (QED) is 0.773. The summed E-state index contributed by atoms with van der Waals surface area (Å²) in [5.41, 5.74) is 1.63. The molecule has 1 fully saturated rings. The molecule has 16 heavy (non-hydrogen) atoms. The molecular formula is C13H25ClN2. The van der Waals surface area contributed by atoms with E-state index in [1.807, 2.05) is 6.08 Å². The van der Waals surface area contributed by atoms with Crippen molar-refractivity contribution in [3.8, 4) is 0 Å². The Morgan fingerprint density at radius 3 is 2.94 bits per heavy atom. The normalized spacial score (nSPS) is 23.4. The lowest BCUT2D eigenvalue weighted by atomic mass is 10.0. The van der Waals surface area contributed by atoms with Crippen molar-refractivity contribution in [2.75, 3.05) is 26.2 Å². The van der Waals surface area contributed by atoms with Crippen molar-refractivity contribution in [2.24, 2.45) is 5.92 Å². The van der Waals surface area contributed by atoms with E-state index in [0.717, 1.165) is 25.6 Å². The molecule has 1 unspecified atom stereocenters. The lowest BCUT2D eigenvalue weighted by molar-refractivity contribution is 0.161. The minimum Gasteiger partial charge on any atom is -0.315 e. The van der Waals surface area contributed by atoms with E-state index in [4.69, 9.17) is 11.6 Å². The Morgan fingerprint density at radius 2 is 2.25 bits per heavy atom. The molecule has 1 heterocycles. The lowest BCUT2D eigenvalue weighted by Gasteiger charge is -2.35. The Morgan fingerprint density at radius 1 is 1.44 bits per heavy atom. The van der Waals surface area contributed by atoms with Crippen molar-refractivity contribution >= 4 is 11.6 Å². The third kappa shape index (κ3) is 5.33. The number of likely N-dealkylation sites (tertiary alicyclic amines) is 1. The molecule has 0 aromatic carbocycles. The fourth-order valence-corrected chi connectivity index (χ4v) is 2.33. The molecule has 1 aliphatic rings. The first-order valence-corrected chi connectivity index (χ1v) is 6.87. The maximum absolute atomic E-state index is 5.59. The molecular weight excluding hydrogens is 220 g/mol. The van der Waals surface area contributed by atoms with Crippen LogP contribution in [0, 0.1) is 5.92 Å². The van der Waals surface area contributed by atoms with E-state index in [0.29, 0.717) is 6.04 Å². The number of nitrogens with zero attached hydrogens (tertiary/aromatic N) is 1. The summed E-state index contributed by atoms with van der Waals surface area (Å²) in [6, 6.07) is 0.695. The highest BCUT2D eigenvalue weighted by atomic mass is 35.5. The van der Waals surface area contributed by atoms with Crippen LogP contribution in [0.25, 0.3) is 0 Å². The highest BCUT2D eigenvalue weighted by Gasteiger charge is 2.20. The van der Waals surface area contributed by atoms with Gasteiger partial charge in [-0.1, -0.05) is 37.9 Å². The fraction of sp³-hybridized carbons (Fsp3) is 0.846. The van der Waals surface area contributed by atoms with Gasteiger partial charge in [-0.15, -0.1) is 0 Å². The SMILES string of the molecule is CC(C)CNCC1CCCCN1CC=CCl.